The number of hydrogen-bond acceptors (Lipinski definition) is 3. The van der Waals surface area contributed by atoms with Gasteiger partial charge in [0.05, 0.1) is 6.54 Å². The summed E-state index contributed by atoms with van der Waals surface area (Å²) in [7, 11) is 0. The molecule has 10 heteroatoms. The molecule has 116 valence electrons. The van der Waals surface area contributed by atoms with E-state index in [1.807, 2.05) is 0 Å². The zero-order valence-electron chi connectivity index (χ0n) is 10.3. The minimum absolute atomic E-state index is 0.758. The van der Waals surface area contributed by atoms with Gasteiger partial charge in [0.2, 0.25) is 5.82 Å². The average Bonchev–Trinajstić information content (AvgIpc) is 2.41. The number of aliphatic carboxylic acids is 1. The summed E-state index contributed by atoms with van der Waals surface area (Å²) in [5, 5.41) is 19.4. The number of carbonyl (C=O) groups is 2. The SMILES string of the molecule is CC(O)(CNC(=O)c1c(F)c(F)c(F)c(F)c1F)C(=O)O. The Labute approximate surface area is 114 Å². The molecule has 5 nitrogen and oxygen atoms in total. The first-order chi connectivity index (χ1) is 9.50. The second-order valence-corrected chi connectivity index (χ2v) is 4.21. The zero-order valence-corrected chi connectivity index (χ0v) is 10.3. The molecule has 1 unspecified atom stereocenters. The van der Waals surface area contributed by atoms with Crippen LogP contribution in [-0.4, -0.2) is 34.2 Å². The van der Waals surface area contributed by atoms with Crippen LogP contribution in [0.15, 0.2) is 0 Å². The van der Waals surface area contributed by atoms with Gasteiger partial charge >= 0.3 is 5.97 Å². The quantitative estimate of drug-likeness (QED) is 0.439. The number of hydrogen-bond donors (Lipinski definition) is 3. The van der Waals surface area contributed by atoms with E-state index >= 15 is 0 Å². The van der Waals surface area contributed by atoms with E-state index in [-0.39, 0.29) is 0 Å². The third kappa shape index (κ3) is 3.10. The fraction of sp³-hybridized carbons (Fsp3) is 0.273. The van der Waals surface area contributed by atoms with Gasteiger partial charge in [-0.2, -0.15) is 0 Å². The number of aliphatic hydroxyl groups is 1. The lowest BCUT2D eigenvalue weighted by Gasteiger charge is -2.18. The van der Waals surface area contributed by atoms with Crippen molar-refractivity contribution in [1.82, 2.24) is 5.32 Å². The Hall–Kier alpha value is -2.23. The maximum absolute atomic E-state index is 13.3. The van der Waals surface area contributed by atoms with E-state index in [4.69, 9.17) is 5.11 Å². The van der Waals surface area contributed by atoms with Gasteiger partial charge in [0.25, 0.3) is 5.91 Å². The number of amides is 1. The Balaban J connectivity index is 3.13. The van der Waals surface area contributed by atoms with Gasteiger partial charge in [-0.3, -0.25) is 4.79 Å². The summed E-state index contributed by atoms with van der Waals surface area (Å²) >= 11 is 0. The van der Waals surface area contributed by atoms with Gasteiger partial charge in [-0.15, -0.1) is 0 Å². The van der Waals surface area contributed by atoms with Crippen LogP contribution in [0.1, 0.15) is 17.3 Å². The molecule has 0 fully saturated rings. The van der Waals surface area contributed by atoms with Crippen molar-refractivity contribution >= 4 is 11.9 Å². The minimum atomic E-state index is -2.49. The standard InChI is InChI=1S/C11H8F5NO4/c1-11(21,10(19)20)2-17-9(18)3-4(12)6(14)8(16)7(15)5(3)13/h21H,2H2,1H3,(H,17,18)(H,19,20). The number of benzene rings is 1. The molecule has 1 rings (SSSR count). The van der Waals surface area contributed by atoms with Crippen molar-refractivity contribution in [3.63, 3.8) is 0 Å². The predicted octanol–water partition coefficient (Wildman–Crippen LogP) is 0.948. The van der Waals surface area contributed by atoms with Crippen molar-refractivity contribution in [2.24, 2.45) is 0 Å². The zero-order chi connectivity index (χ0) is 16.5. The summed E-state index contributed by atoms with van der Waals surface area (Å²) in [6, 6.07) is 0. The summed E-state index contributed by atoms with van der Waals surface area (Å²) < 4.78 is 65.1. The van der Waals surface area contributed by atoms with Crippen LogP contribution in [0.5, 0.6) is 0 Å². The van der Waals surface area contributed by atoms with Crippen molar-refractivity contribution in [3.05, 3.63) is 34.6 Å². The Kier molecular flexibility index (Phi) is 4.52. The highest BCUT2D eigenvalue weighted by atomic mass is 19.2. The number of rotatable bonds is 4. The maximum atomic E-state index is 13.3. The van der Waals surface area contributed by atoms with E-state index in [0.29, 0.717) is 0 Å². The molecule has 3 N–H and O–H groups in total. The monoisotopic (exact) mass is 313 g/mol. The second-order valence-electron chi connectivity index (χ2n) is 4.21. The molecule has 21 heavy (non-hydrogen) atoms. The molecule has 0 aliphatic rings. The average molecular weight is 313 g/mol. The highest BCUT2D eigenvalue weighted by Crippen LogP contribution is 2.22. The van der Waals surface area contributed by atoms with Crippen LogP contribution < -0.4 is 5.32 Å². The molecule has 1 amide bonds. The van der Waals surface area contributed by atoms with Crippen molar-refractivity contribution < 1.29 is 41.8 Å². The van der Waals surface area contributed by atoms with Gasteiger partial charge in [0.15, 0.2) is 28.9 Å². The van der Waals surface area contributed by atoms with Gasteiger partial charge in [-0.05, 0) is 6.92 Å². The highest BCUT2D eigenvalue weighted by Gasteiger charge is 2.33. The topological polar surface area (TPSA) is 86.6 Å². The lowest BCUT2D eigenvalue weighted by molar-refractivity contribution is -0.155. The van der Waals surface area contributed by atoms with E-state index in [0.717, 1.165) is 6.92 Å². The normalized spacial score (nSPS) is 13.7. The molecule has 0 bridgehead atoms. The smallest absolute Gasteiger partial charge is 0.337 e. The van der Waals surface area contributed by atoms with E-state index in [1.54, 1.807) is 5.32 Å². The molecule has 0 aliphatic carbocycles. The first-order valence-corrected chi connectivity index (χ1v) is 5.26. The summed E-state index contributed by atoms with van der Waals surface area (Å²) in [4.78, 5) is 22.0. The van der Waals surface area contributed by atoms with E-state index < -0.39 is 58.7 Å². The summed E-state index contributed by atoms with van der Waals surface area (Å²) in [5.74, 6) is -15.3. The van der Waals surface area contributed by atoms with Crippen molar-refractivity contribution in [1.29, 1.82) is 0 Å². The second kappa shape index (κ2) is 5.64. The van der Waals surface area contributed by atoms with Crippen LogP contribution in [0.4, 0.5) is 22.0 Å². The summed E-state index contributed by atoms with van der Waals surface area (Å²) in [6.07, 6.45) is 0. The van der Waals surface area contributed by atoms with Crippen LogP contribution >= 0.6 is 0 Å². The molecule has 1 atom stereocenters. The number of carbonyl (C=O) groups excluding carboxylic acids is 1. The first kappa shape index (κ1) is 16.8. The van der Waals surface area contributed by atoms with Gasteiger partial charge in [-0.1, -0.05) is 0 Å². The molecule has 0 spiro atoms. The van der Waals surface area contributed by atoms with Gasteiger partial charge in [0, 0.05) is 0 Å². The molecule has 0 aliphatic heterocycles. The molecule has 0 saturated carbocycles. The Morgan fingerprint density at radius 2 is 1.38 bits per heavy atom. The number of nitrogens with one attached hydrogen (secondary N) is 1. The molecular formula is C11H8F5NO4. The largest absolute Gasteiger partial charge is 0.479 e. The fourth-order valence-electron chi connectivity index (χ4n) is 1.22. The van der Waals surface area contributed by atoms with Gasteiger partial charge in [-0.25, -0.2) is 26.7 Å². The lowest BCUT2D eigenvalue weighted by Crippen LogP contribution is -2.46. The third-order valence-electron chi connectivity index (χ3n) is 2.49. The van der Waals surface area contributed by atoms with E-state index in [1.165, 1.54) is 0 Å². The first-order valence-electron chi connectivity index (χ1n) is 5.26. The van der Waals surface area contributed by atoms with Crippen molar-refractivity contribution in [2.45, 2.75) is 12.5 Å². The van der Waals surface area contributed by atoms with Crippen LogP contribution in [0.25, 0.3) is 0 Å². The lowest BCUT2D eigenvalue weighted by atomic mass is 10.1. The predicted molar refractivity (Wildman–Crippen MR) is 56.8 cm³/mol. The minimum Gasteiger partial charge on any atom is -0.479 e. The van der Waals surface area contributed by atoms with Crippen LogP contribution in [-0.2, 0) is 4.79 Å². The molecule has 1 aromatic rings. The van der Waals surface area contributed by atoms with E-state index in [9.17, 15) is 36.6 Å². The molecule has 0 heterocycles. The molecule has 1 aromatic carbocycles. The summed E-state index contributed by atoms with van der Waals surface area (Å²) in [6.45, 7) is -0.255. The highest BCUT2D eigenvalue weighted by molar-refractivity contribution is 5.95. The number of carboxylic acid groups (broad SMARTS) is 1. The number of carboxylic acids is 1. The van der Waals surface area contributed by atoms with Crippen molar-refractivity contribution in [3.8, 4) is 0 Å². The maximum Gasteiger partial charge on any atom is 0.337 e. The number of halogens is 5. The molecule has 0 saturated heterocycles. The van der Waals surface area contributed by atoms with Gasteiger partial charge < -0.3 is 15.5 Å². The fourth-order valence-corrected chi connectivity index (χ4v) is 1.22. The third-order valence-corrected chi connectivity index (χ3v) is 2.49. The molecular weight excluding hydrogens is 305 g/mol. The van der Waals surface area contributed by atoms with Crippen LogP contribution in [0, 0.1) is 29.1 Å². The van der Waals surface area contributed by atoms with Crippen LogP contribution in [0.3, 0.4) is 0 Å². The Morgan fingerprint density at radius 3 is 1.76 bits per heavy atom. The van der Waals surface area contributed by atoms with Gasteiger partial charge in [0.1, 0.15) is 5.56 Å². The molecule has 0 aromatic heterocycles. The molecule has 0 radical (unpaired) electrons. The Morgan fingerprint density at radius 1 is 1.00 bits per heavy atom. The van der Waals surface area contributed by atoms with Crippen molar-refractivity contribution in [2.75, 3.05) is 6.54 Å². The van der Waals surface area contributed by atoms with E-state index in [2.05, 4.69) is 0 Å². The van der Waals surface area contributed by atoms with Crippen LogP contribution in [0.2, 0.25) is 0 Å². The summed E-state index contributed by atoms with van der Waals surface area (Å²) in [5.41, 5.74) is -4.26. The Bertz CT molecular complexity index is 588.